The third-order valence-corrected chi connectivity index (χ3v) is 2.70. The predicted octanol–water partition coefficient (Wildman–Crippen LogP) is -0.323. The highest BCUT2D eigenvalue weighted by Gasteiger charge is 2.26. The second-order valence-corrected chi connectivity index (χ2v) is 3.84. The highest BCUT2D eigenvalue weighted by molar-refractivity contribution is 5.41. The van der Waals surface area contributed by atoms with E-state index in [-0.39, 0.29) is 6.04 Å². The molecule has 0 bridgehead atoms. The average Bonchev–Trinajstić information content (AvgIpc) is 2.49. The van der Waals surface area contributed by atoms with Crippen LogP contribution in [0.25, 0.3) is 0 Å². The van der Waals surface area contributed by atoms with Gasteiger partial charge in [0.1, 0.15) is 12.0 Å². The molecule has 2 atom stereocenters. The van der Waals surface area contributed by atoms with Gasteiger partial charge in [0.05, 0.1) is 11.7 Å². The zero-order valence-corrected chi connectivity index (χ0v) is 8.51. The molecule has 3 N–H and O–H groups in total. The van der Waals surface area contributed by atoms with Gasteiger partial charge in [0, 0.05) is 19.7 Å². The Hall–Kier alpha value is -1.07. The smallest absolute Gasteiger partial charge is 0.143 e. The summed E-state index contributed by atoms with van der Waals surface area (Å²) in [5.74, 6) is 0.933. The maximum absolute atomic E-state index is 9.84. The minimum atomic E-state index is -0.618. The van der Waals surface area contributed by atoms with Crippen LogP contribution in [-0.4, -0.2) is 34.2 Å². The number of fused-ring (bicyclic) bond motifs is 1. The first-order valence-electron chi connectivity index (χ1n) is 4.80. The van der Waals surface area contributed by atoms with Gasteiger partial charge in [-0.15, -0.1) is 0 Å². The van der Waals surface area contributed by atoms with E-state index in [2.05, 4.69) is 5.10 Å². The van der Waals surface area contributed by atoms with Crippen LogP contribution >= 0.6 is 0 Å². The number of hydrogen-bond acceptors (Lipinski definition) is 4. The molecule has 1 aliphatic heterocycles. The highest BCUT2D eigenvalue weighted by Crippen LogP contribution is 2.21. The van der Waals surface area contributed by atoms with Gasteiger partial charge < -0.3 is 15.7 Å². The van der Waals surface area contributed by atoms with Gasteiger partial charge in [-0.1, -0.05) is 0 Å². The zero-order valence-electron chi connectivity index (χ0n) is 8.51. The van der Waals surface area contributed by atoms with E-state index >= 15 is 0 Å². The Morgan fingerprint density at radius 2 is 2.36 bits per heavy atom. The Morgan fingerprint density at radius 1 is 1.64 bits per heavy atom. The molecule has 0 saturated heterocycles. The van der Waals surface area contributed by atoms with Crippen LogP contribution in [0.4, 0.5) is 5.82 Å². The molecule has 2 heterocycles. The second kappa shape index (κ2) is 3.25. The van der Waals surface area contributed by atoms with Crippen molar-refractivity contribution in [1.82, 2.24) is 9.78 Å². The Morgan fingerprint density at radius 3 is 3.07 bits per heavy atom. The minimum absolute atomic E-state index is 0.206. The summed E-state index contributed by atoms with van der Waals surface area (Å²) >= 11 is 0. The SMILES string of the molecule is Cc1cc2n(n1)CC[C@H](N)C(O)N2C. The Labute approximate surface area is 83.1 Å². The fourth-order valence-corrected chi connectivity index (χ4v) is 1.82. The van der Waals surface area contributed by atoms with Crippen LogP contribution in [-0.2, 0) is 6.54 Å². The lowest BCUT2D eigenvalue weighted by molar-refractivity contribution is 0.143. The van der Waals surface area contributed by atoms with Crippen LogP contribution < -0.4 is 10.6 Å². The van der Waals surface area contributed by atoms with Crippen molar-refractivity contribution in [3.8, 4) is 0 Å². The summed E-state index contributed by atoms with van der Waals surface area (Å²) in [6, 6.07) is 1.75. The van der Waals surface area contributed by atoms with Gasteiger partial charge in [0.25, 0.3) is 0 Å². The van der Waals surface area contributed by atoms with Gasteiger partial charge in [-0.3, -0.25) is 0 Å². The van der Waals surface area contributed by atoms with Crippen LogP contribution in [0.3, 0.4) is 0 Å². The lowest BCUT2D eigenvalue weighted by Crippen LogP contribution is -2.45. The molecule has 5 nitrogen and oxygen atoms in total. The number of aromatic nitrogens is 2. The van der Waals surface area contributed by atoms with Crippen LogP contribution in [0.1, 0.15) is 12.1 Å². The lowest BCUT2D eigenvalue weighted by Gasteiger charge is -2.26. The molecule has 1 aromatic heterocycles. The number of likely N-dealkylation sites (N-methyl/N-ethyl adjacent to an activating group) is 1. The molecule has 1 aliphatic rings. The summed E-state index contributed by atoms with van der Waals surface area (Å²) in [5.41, 5.74) is 6.78. The van der Waals surface area contributed by atoms with E-state index in [9.17, 15) is 5.11 Å². The van der Waals surface area contributed by atoms with Crippen molar-refractivity contribution < 1.29 is 5.11 Å². The number of nitrogens with two attached hydrogens (primary N) is 1. The van der Waals surface area contributed by atoms with Crippen molar-refractivity contribution in [3.05, 3.63) is 11.8 Å². The number of anilines is 1. The fraction of sp³-hybridized carbons (Fsp3) is 0.667. The average molecular weight is 196 g/mol. The van der Waals surface area contributed by atoms with E-state index in [1.165, 1.54) is 0 Å². The highest BCUT2D eigenvalue weighted by atomic mass is 16.3. The second-order valence-electron chi connectivity index (χ2n) is 3.84. The predicted molar refractivity (Wildman–Crippen MR) is 54.0 cm³/mol. The van der Waals surface area contributed by atoms with E-state index in [4.69, 9.17) is 5.73 Å². The summed E-state index contributed by atoms with van der Waals surface area (Å²) in [4.78, 5) is 1.78. The number of aryl methyl sites for hydroxylation is 2. The van der Waals surface area contributed by atoms with Crippen molar-refractivity contribution >= 4 is 5.82 Å². The third kappa shape index (κ3) is 1.38. The fourth-order valence-electron chi connectivity index (χ4n) is 1.82. The van der Waals surface area contributed by atoms with Gasteiger partial charge in [0.2, 0.25) is 0 Å². The van der Waals surface area contributed by atoms with Crippen molar-refractivity contribution in [1.29, 1.82) is 0 Å². The number of hydrogen-bond donors (Lipinski definition) is 2. The molecule has 1 unspecified atom stereocenters. The molecule has 14 heavy (non-hydrogen) atoms. The number of aliphatic hydroxyl groups excluding tert-OH is 1. The van der Waals surface area contributed by atoms with E-state index in [1.54, 1.807) is 4.90 Å². The first kappa shape index (κ1) is 9.48. The van der Waals surface area contributed by atoms with E-state index in [1.807, 2.05) is 24.7 Å². The molecule has 1 aromatic rings. The normalized spacial score (nSPS) is 27.3. The summed E-state index contributed by atoms with van der Waals surface area (Å²) in [6.45, 7) is 2.72. The molecular weight excluding hydrogens is 180 g/mol. The molecule has 0 spiro atoms. The van der Waals surface area contributed by atoms with Crippen LogP contribution in [0.2, 0.25) is 0 Å². The molecule has 2 rings (SSSR count). The molecular formula is C9H16N4O. The number of nitrogens with zero attached hydrogens (tertiary/aromatic N) is 3. The van der Waals surface area contributed by atoms with Gasteiger partial charge in [-0.25, -0.2) is 4.68 Å². The summed E-state index contributed by atoms with van der Waals surface area (Å²) in [5, 5.41) is 14.2. The first-order valence-corrected chi connectivity index (χ1v) is 4.80. The van der Waals surface area contributed by atoms with Crippen molar-refractivity contribution in [2.24, 2.45) is 5.73 Å². The Balaban J connectivity index is 2.38. The van der Waals surface area contributed by atoms with Gasteiger partial charge in [0.15, 0.2) is 0 Å². The van der Waals surface area contributed by atoms with E-state index < -0.39 is 6.23 Å². The van der Waals surface area contributed by atoms with Crippen LogP contribution in [0.15, 0.2) is 6.07 Å². The van der Waals surface area contributed by atoms with E-state index in [0.29, 0.717) is 0 Å². The topological polar surface area (TPSA) is 67.3 Å². The largest absolute Gasteiger partial charge is 0.372 e. The van der Waals surface area contributed by atoms with Gasteiger partial charge in [-0.2, -0.15) is 5.10 Å². The van der Waals surface area contributed by atoms with Gasteiger partial charge in [-0.05, 0) is 13.3 Å². The summed E-state index contributed by atoms with van der Waals surface area (Å²) in [6.07, 6.45) is 0.131. The monoisotopic (exact) mass is 196 g/mol. The van der Waals surface area contributed by atoms with Crippen LogP contribution in [0.5, 0.6) is 0 Å². The molecule has 0 aliphatic carbocycles. The third-order valence-electron chi connectivity index (χ3n) is 2.70. The number of rotatable bonds is 0. The lowest BCUT2D eigenvalue weighted by atomic mass is 10.2. The molecule has 0 radical (unpaired) electrons. The quantitative estimate of drug-likeness (QED) is 0.596. The maximum Gasteiger partial charge on any atom is 0.143 e. The zero-order chi connectivity index (χ0) is 10.3. The molecule has 5 heteroatoms. The standard InChI is InChI=1S/C9H16N4O/c1-6-5-8-12(2)9(14)7(10)3-4-13(8)11-6/h5,7,9,14H,3-4,10H2,1-2H3/t7-,9?/m0/s1. The number of aliphatic hydroxyl groups is 1. The molecule has 0 saturated carbocycles. The molecule has 0 fully saturated rings. The Kier molecular flexibility index (Phi) is 2.20. The molecule has 0 aromatic carbocycles. The Bertz CT molecular complexity index is 336. The van der Waals surface area contributed by atoms with Crippen LogP contribution in [0, 0.1) is 6.92 Å². The molecule has 0 amide bonds. The minimum Gasteiger partial charge on any atom is -0.372 e. The van der Waals surface area contributed by atoms with E-state index in [0.717, 1.165) is 24.5 Å². The van der Waals surface area contributed by atoms with Gasteiger partial charge >= 0.3 is 0 Å². The first-order chi connectivity index (χ1) is 6.59. The maximum atomic E-state index is 9.84. The summed E-state index contributed by atoms with van der Waals surface area (Å²) < 4.78 is 1.89. The van der Waals surface area contributed by atoms with Crippen molar-refractivity contribution in [2.45, 2.75) is 32.2 Å². The van der Waals surface area contributed by atoms with Crippen molar-refractivity contribution in [2.75, 3.05) is 11.9 Å². The summed E-state index contributed by atoms with van der Waals surface area (Å²) in [7, 11) is 1.84. The van der Waals surface area contributed by atoms with Crippen molar-refractivity contribution in [3.63, 3.8) is 0 Å². The molecule has 78 valence electrons.